The summed E-state index contributed by atoms with van der Waals surface area (Å²) in [7, 11) is 1.75. The van der Waals surface area contributed by atoms with Gasteiger partial charge in [-0.25, -0.2) is 4.79 Å². The lowest BCUT2D eigenvalue weighted by atomic mass is 9.70. The van der Waals surface area contributed by atoms with E-state index in [-0.39, 0.29) is 12.1 Å². The van der Waals surface area contributed by atoms with Crippen LogP contribution >= 0.6 is 0 Å². The van der Waals surface area contributed by atoms with E-state index in [4.69, 9.17) is 4.74 Å². The van der Waals surface area contributed by atoms with Crippen molar-refractivity contribution in [1.82, 2.24) is 4.90 Å². The highest BCUT2D eigenvalue weighted by Gasteiger charge is 2.47. The van der Waals surface area contributed by atoms with Crippen molar-refractivity contribution in [3.8, 4) is 0 Å². The van der Waals surface area contributed by atoms with Gasteiger partial charge in [-0.1, -0.05) is 42.7 Å². The van der Waals surface area contributed by atoms with Crippen molar-refractivity contribution in [3.63, 3.8) is 0 Å². The van der Waals surface area contributed by atoms with Crippen LogP contribution in [-0.2, 0) is 10.3 Å². The number of unbranched alkanes of at least 4 members (excludes halogenated alkanes) is 1. The fraction of sp³-hybridized carbons (Fsp3) is 0.611. The molecule has 0 atom stereocenters. The van der Waals surface area contributed by atoms with Gasteiger partial charge >= 0.3 is 6.09 Å². The van der Waals surface area contributed by atoms with Crippen LogP contribution < -0.4 is 0 Å². The molecule has 1 fully saturated rings. The summed E-state index contributed by atoms with van der Waals surface area (Å²) in [4.78, 5) is 13.5. The van der Waals surface area contributed by atoms with Crippen LogP contribution in [0.1, 0.15) is 49.3 Å². The van der Waals surface area contributed by atoms with Gasteiger partial charge in [0.2, 0.25) is 0 Å². The van der Waals surface area contributed by atoms with Gasteiger partial charge in [-0.3, -0.25) is 0 Å². The van der Waals surface area contributed by atoms with Gasteiger partial charge in [0.05, 0.1) is 12.2 Å². The topological polar surface area (TPSA) is 49.8 Å². The Balaban J connectivity index is 1.93. The van der Waals surface area contributed by atoms with Gasteiger partial charge in [0.15, 0.2) is 0 Å². The molecule has 0 radical (unpaired) electrons. The second-order valence-corrected chi connectivity index (χ2v) is 6.55. The summed E-state index contributed by atoms with van der Waals surface area (Å²) < 4.78 is 5.22. The largest absolute Gasteiger partial charge is 0.449 e. The van der Waals surface area contributed by atoms with Crippen molar-refractivity contribution in [2.75, 3.05) is 13.7 Å². The van der Waals surface area contributed by atoms with E-state index in [0.717, 1.165) is 29.5 Å². The van der Waals surface area contributed by atoms with Gasteiger partial charge in [0.25, 0.3) is 0 Å². The van der Waals surface area contributed by atoms with Gasteiger partial charge in [-0.05, 0) is 25.8 Å². The highest BCUT2D eigenvalue weighted by molar-refractivity contribution is 5.68. The van der Waals surface area contributed by atoms with E-state index in [1.165, 1.54) is 0 Å². The van der Waals surface area contributed by atoms with Crippen molar-refractivity contribution in [2.24, 2.45) is 0 Å². The van der Waals surface area contributed by atoms with Gasteiger partial charge < -0.3 is 14.7 Å². The van der Waals surface area contributed by atoms with Crippen molar-refractivity contribution < 1.29 is 14.6 Å². The quantitative estimate of drug-likeness (QED) is 0.847. The van der Waals surface area contributed by atoms with E-state index in [1.807, 2.05) is 26.0 Å². The predicted octanol–water partition coefficient (Wildman–Crippen LogP) is 3.52. The molecule has 1 aliphatic rings. The smallest absolute Gasteiger partial charge is 0.409 e. The lowest BCUT2D eigenvalue weighted by Crippen LogP contribution is -2.54. The Hall–Kier alpha value is -1.55. The summed E-state index contributed by atoms with van der Waals surface area (Å²) >= 11 is 0. The molecule has 0 aromatic heterocycles. The van der Waals surface area contributed by atoms with Crippen molar-refractivity contribution in [2.45, 2.75) is 58.1 Å². The normalized spacial score (nSPS) is 23.8. The van der Waals surface area contributed by atoms with E-state index in [2.05, 4.69) is 13.0 Å². The molecule has 4 nitrogen and oxygen atoms in total. The van der Waals surface area contributed by atoms with Crippen molar-refractivity contribution in [3.05, 3.63) is 34.9 Å². The van der Waals surface area contributed by atoms with Gasteiger partial charge in [0, 0.05) is 25.9 Å². The molecule has 0 saturated heterocycles. The number of ether oxygens (including phenoxy) is 1. The molecule has 0 aliphatic heterocycles. The van der Waals surface area contributed by atoms with Crippen molar-refractivity contribution in [1.29, 1.82) is 0 Å². The molecular formula is C18H27NO3. The zero-order valence-electron chi connectivity index (χ0n) is 14.1. The zero-order valence-corrected chi connectivity index (χ0v) is 14.1. The Morgan fingerprint density at radius 1 is 1.32 bits per heavy atom. The Morgan fingerprint density at radius 2 is 1.91 bits per heavy atom. The number of rotatable bonds is 5. The van der Waals surface area contributed by atoms with Crippen LogP contribution in [0.2, 0.25) is 0 Å². The monoisotopic (exact) mass is 305 g/mol. The third-order valence-electron chi connectivity index (χ3n) is 4.46. The Labute approximate surface area is 133 Å². The minimum absolute atomic E-state index is 0.0416. The first-order chi connectivity index (χ1) is 10.4. The molecule has 1 aromatic carbocycles. The van der Waals surface area contributed by atoms with Crippen LogP contribution in [0.3, 0.4) is 0 Å². The number of aryl methyl sites for hydroxylation is 2. The maximum Gasteiger partial charge on any atom is 0.409 e. The van der Waals surface area contributed by atoms with Crippen LogP contribution in [0, 0.1) is 13.8 Å². The fourth-order valence-electron chi connectivity index (χ4n) is 3.03. The first-order valence-electron chi connectivity index (χ1n) is 8.06. The fourth-order valence-corrected chi connectivity index (χ4v) is 3.03. The average molecular weight is 305 g/mol. The molecule has 0 heterocycles. The molecule has 0 bridgehead atoms. The first kappa shape index (κ1) is 16.8. The summed E-state index contributed by atoms with van der Waals surface area (Å²) in [5.74, 6) is 0. The summed E-state index contributed by atoms with van der Waals surface area (Å²) in [6.07, 6.45) is 2.73. The molecule has 1 amide bonds. The number of carbonyl (C=O) groups is 1. The summed E-state index contributed by atoms with van der Waals surface area (Å²) in [5, 5.41) is 10.8. The third-order valence-corrected chi connectivity index (χ3v) is 4.46. The molecule has 1 saturated carbocycles. The summed E-state index contributed by atoms with van der Waals surface area (Å²) in [5.41, 5.74) is 2.44. The molecule has 1 aliphatic carbocycles. The number of hydrogen-bond acceptors (Lipinski definition) is 3. The number of nitrogens with zero attached hydrogens (tertiary/aromatic N) is 1. The van der Waals surface area contributed by atoms with E-state index >= 15 is 0 Å². The second-order valence-electron chi connectivity index (χ2n) is 6.55. The lowest BCUT2D eigenvalue weighted by Gasteiger charge is -2.47. The zero-order chi connectivity index (χ0) is 16.3. The molecular weight excluding hydrogens is 278 g/mol. The van der Waals surface area contributed by atoms with E-state index in [9.17, 15) is 9.90 Å². The maximum absolute atomic E-state index is 11.9. The molecule has 22 heavy (non-hydrogen) atoms. The molecule has 1 aromatic rings. The van der Waals surface area contributed by atoms with Crippen LogP contribution in [-0.4, -0.2) is 35.8 Å². The van der Waals surface area contributed by atoms with Crippen molar-refractivity contribution >= 4 is 6.09 Å². The Kier molecular flexibility index (Phi) is 5.12. The molecule has 2 rings (SSSR count). The Bertz CT molecular complexity index is 515. The molecule has 0 spiro atoms. The van der Waals surface area contributed by atoms with E-state index in [1.54, 1.807) is 11.9 Å². The highest BCUT2D eigenvalue weighted by atomic mass is 16.6. The van der Waals surface area contributed by atoms with E-state index < -0.39 is 5.60 Å². The number of hydrogen-bond donors (Lipinski definition) is 1. The first-order valence-corrected chi connectivity index (χ1v) is 8.06. The highest BCUT2D eigenvalue weighted by Crippen LogP contribution is 2.44. The van der Waals surface area contributed by atoms with Crippen LogP contribution in [0.25, 0.3) is 0 Å². The third kappa shape index (κ3) is 3.61. The number of amides is 1. The predicted molar refractivity (Wildman–Crippen MR) is 86.9 cm³/mol. The van der Waals surface area contributed by atoms with Gasteiger partial charge in [-0.2, -0.15) is 0 Å². The number of carbonyl (C=O) groups excluding carboxylic acids is 1. The SMILES string of the molecule is CCCCOC(=O)N(C)C1CC(O)(c2cc(C)cc(C)c2)C1. The number of aliphatic hydroxyl groups is 1. The standard InChI is InChI=1S/C18H27NO3/c1-5-6-7-22-17(20)19(4)16-11-18(21,12-16)15-9-13(2)8-14(3)10-15/h8-10,16,21H,5-7,11-12H2,1-4H3. The Morgan fingerprint density at radius 3 is 2.45 bits per heavy atom. The minimum atomic E-state index is -0.820. The molecule has 122 valence electrons. The minimum Gasteiger partial charge on any atom is -0.449 e. The van der Waals surface area contributed by atoms with Gasteiger partial charge in [-0.15, -0.1) is 0 Å². The second kappa shape index (κ2) is 6.69. The van der Waals surface area contributed by atoms with Gasteiger partial charge in [0.1, 0.15) is 0 Å². The lowest BCUT2D eigenvalue weighted by molar-refractivity contribution is -0.0884. The van der Waals surface area contributed by atoms with Crippen LogP contribution in [0.5, 0.6) is 0 Å². The summed E-state index contributed by atoms with van der Waals surface area (Å²) in [6.45, 7) is 6.60. The van der Waals surface area contributed by atoms with E-state index in [0.29, 0.717) is 19.4 Å². The van der Waals surface area contributed by atoms with Crippen LogP contribution in [0.4, 0.5) is 4.79 Å². The average Bonchev–Trinajstić information content (AvgIpc) is 2.42. The summed E-state index contributed by atoms with van der Waals surface area (Å²) in [6, 6.07) is 6.20. The molecule has 1 N–H and O–H groups in total. The number of benzene rings is 1. The van der Waals surface area contributed by atoms with Crippen LogP contribution in [0.15, 0.2) is 18.2 Å². The maximum atomic E-state index is 11.9. The molecule has 0 unspecified atom stereocenters. The molecule has 4 heteroatoms.